The number of amides is 3. The minimum atomic E-state index is -4.05. The van der Waals surface area contributed by atoms with Crippen molar-refractivity contribution < 1.29 is 28.3 Å². The van der Waals surface area contributed by atoms with Crippen molar-refractivity contribution in [2.75, 3.05) is 26.2 Å². The smallest absolute Gasteiger partial charge is 0.317 e. The van der Waals surface area contributed by atoms with Gasteiger partial charge in [-0.1, -0.05) is 0 Å². The lowest BCUT2D eigenvalue weighted by Gasteiger charge is -2.38. The van der Waals surface area contributed by atoms with Crippen LogP contribution >= 0.6 is 11.3 Å². The van der Waals surface area contributed by atoms with E-state index in [1.54, 1.807) is 25.1 Å². The molecule has 1 aliphatic rings. The second-order valence-electron chi connectivity index (χ2n) is 6.55. The number of nitrogens with one attached hydrogen (secondary N) is 2. The minimum Gasteiger partial charge on any atom is -0.508 e. The lowest BCUT2D eigenvalue weighted by molar-refractivity contribution is -0.134. The summed E-state index contributed by atoms with van der Waals surface area (Å²) in [6, 6.07) is 7.78. The van der Waals surface area contributed by atoms with Crippen LogP contribution in [0, 0.1) is 0 Å². The van der Waals surface area contributed by atoms with Gasteiger partial charge in [0.15, 0.2) is 0 Å². The molecule has 2 heterocycles. The summed E-state index contributed by atoms with van der Waals surface area (Å²) in [6.07, 6.45) is 0. The fraction of sp³-hybridized carbons (Fsp3) is 0.333. The lowest BCUT2D eigenvalue weighted by Crippen LogP contribution is -2.62. The highest BCUT2D eigenvalue weighted by molar-refractivity contribution is 7.91. The molecule has 10 nitrogen and oxygen atoms in total. The van der Waals surface area contributed by atoms with Crippen LogP contribution in [0.3, 0.4) is 0 Å². The van der Waals surface area contributed by atoms with Gasteiger partial charge in [0.25, 0.3) is 15.9 Å². The Morgan fingerprint density at radius 3 is 2.50 bits per heavy atom. The highest BCUT2D eigenvalue weighted by Gasteiger charge is 2.41. The molecule has 0 bridgehead atoms. The maximum absolute atomic E-state index is 13.2. The highest BCUT2D eigenvalue weighted by atomic mass is 32.2. The van der Waals surface area contributed by atoms with E-state index in [1.165, 1.54) is 28.6 Å². The Kier molecular flexibility index (Phi) is 6.61. The molecule has 3 rings (SSSR count). The first-order valence-corrected chi connectivity index (χ1v) is 11.4. The maximum Gasteiger partial charge on any atom is 0.317 e. The van der Waals surface area contributed by atoms with E-state index in [0.29, 0.717) is 11.4 Å². The molecule has 3 amide bonds. The van der Waals surface area contributed by atoms with Crippen LogP contribution in [0.4, 0.5) is 4.79 Å². The third-order valence-corrected chi connectivity index (χ3v) is 8.17. The summed E-state index contributed by atoms with van der Waals surface area (Å²) in [6.45, 7) is 1.97. The van der Waals surface area contributed by atoms with Crippen LogP contribution in [0.1, 0.15) is 6.92 Å². The molecule has 2 aromatic rings. The zero-order valence-corrected chi connectivity index (χ0v) is 17.7. The van der Waals surface area contributed by atoms with Crippen LogP contribution in [-0.4, -0.2) is 72.1 Å². The number of carbonyl (C=O) groups is 2. The molecule has 12 heteroatoms. The maximum atomic E-state index is 13.2. The Morgan fingerprint density at radius 1 is 1.17 bits per heavy atom. The number of rotatable bonds is 5. The van der Waals surface area contributed by atoms with Crippen LogP contribution in [0.2, 0.25) is 0 Å². The van der Waals surface area contributed by atoms with Gasteiger partial charge in [0, 0.05) is 31.1 Å². The van der Waals surface area contributed by atoms with Crippen molar-refractivity contribution in [2.45, 2.75) is 17.2 Å². The Hall–Kier alpha value is -2.67. The molecule has 0 unspecified atom stereocenters. The molecular formula is C18H22N4O6S2. The molecule has 1 saturated heterocycles. The van der Waals surface area contributed by atoms with Crippen molar-refractivity contribution in [1.82, 2.24) is 20.0 Å². The van der Waals surface area contributed by atoms with E-state index in [-0.39, 0.29) is 29.6 Å². The summed E-state index contributed by atoms with van der Waals surface area (Å²) in [5, 5.41) is 21.1. The van der Waals surface area contributed by atoms with E-state index in [9.17, 15) is 23.1 Å². The van der Waals surface area contributed by atoms with Gasteiger partial charge in [-0.15, -0.1) is 11.3 Å². The van der Waals surface area contributed by atoms with Gasteiger partial charge in [-0.25, -0.2) is 18.7 Å². The largest absolute Gasteiger partial charge is 0.508 e. The Labute approximate surface area is 177 Å². The average Bonchev–Trinajstić information content (AvgIpc) is 3.24. The number of hydrogen-bond donors (Lipinski definition) is 4. The Bertz CT molecular complexity index is 1020. The van der Waals surface area contributed by atoms with Gasteiger partial charge < -0.3 is 15.3 Å². The molecule has 1 aromatic carbocycles. The fourth-order valence-electron chi connectivity index (χ4n) is 3.14. The van der Waals surface area contributed by atoms with Crippen molar-refractivity contribution in [3.05, 3.63) is 36.4 Å². The Morgan fingerprint density at radius 2 is 1.87 bits per heavy atom. The number of hydrogen-bond acceptors (Lipinski definition) is 7. The van der Waals surface area contributed by atoms with Gasteiger partial charge in [0.2, 0.25) is 0 Å². The predicted molar refractivity (Wildman–Crippen MR) is 110 cm³/mol. The molecule has 162 valence electrons. The minimum absolute atomic E-state index is 0.0350. The van der Waals surface area contributed by atoms with Crippen LogP contribution in [0.5, 0.6) is 5.75 Å². The third kappa shape index (κ3) is 4.41. The second-order valence-corrected chi connectivity index (χ2v) is 9.76. The lowest BCUT2D eigenvalue weighted by atomic mass is 10.2. The van der Waals surface area contributed by atoms with E-state index < -0.39 is 28.0 Å². The third-order valence-electron chi connectivity index (χ3n) is 4.66. The van der Waals surface area contributed by atoms with Crippen LogP contribution in [0.25, 0.3) is 10.4 Å². The van der Waals surface area contributed by atoms with E-state index in [2.05, 4.69) is 5.32 Å². The fourth-order valence-corrected chi connectivity index (χ4v) is 6.16. The quantitative estimate of drug-likeness (QED) is 0.393. The number of urea groups is 1. The number of nitrogens with zero attached hydrogens (tertiary/aromatic N) is 2. The van der Waals surface area contributed by atoms with Gasteiger partial charge in [-0.3, -0.25) is 10.0 Å². The summed E-state index contributed by atoms with van der Waals surface area (Å²) in [5.41, 5.74) is 2.23. The first-order chi connectivity index (χ1) is 14.3. The zero-order valence-electron chi connectivity index (χ0n) is 16.1. The molecule has 1 aromatic heterocycles. The topological polar surface area (TPSA) is 139 Å². The summed E-state index contributed by atoms with van der Waals surface area (Å²) < 4.78 is 27.5. The summed E-state index contributed by atoms with van der Waals surface area (Å²) in [5.74, 6) is -0.811. The van der Waals surface area contributed by atoms with Crippen LogP contribution in [0.15, 0.2) is 40.6 Å². The zero-order chi connectivity index (χ0) is 21.9. The predicted octanol–water partition coefficient (Wildman–Crippen LogP) is 1.03. The average molecular weight is 455 g/mol. The number of carbonyl (C=O) groups excluding carboxylic acids is 2. The van der Waals surface area contributed by atoms with Crippen molar-refractivity contribution in [3.63, 3.8) is 0 Å². The standard InChI is InChI=1S/C18H22N4O6S2/c1-2-19-18(25)21-9-10-22(14(11-21)17(24)20-26)30(27,28)16-8-7-15(29-16)12-3-5-13(23)6-4-12/h3-8,14,23,26H,2,9-11H2,1H3,(H,19,25)(H,20,24)/t14-/m1/s1. The summed E-state index contributed by atoms with van der Waals surface area (Å²) in [7, 11) is -4.05. The normalized spacial score (nSPS) is 17.5. The summed E-state index contributed by atoms with van der Waals surface area (Å²) >= 11 is 1.03. The summed E-state index contributed by atoms with van der Waals surface area (Å²) in [4.78, 5) is 26.3. The number of phenols is 1. The molecule has 0 saturated carbocycles. The van der Waals surface area contributed by atoms with E-state index in [0.717, 1.165) is 21.2 Å². The molecule has 30 heavy (non-hydrogen) atoms. The van der Waals surface area contributed by atoms with Gasteiger partial charge in [-0.05, 0) is 48.9 Å². The molecule has 0 spiro atoms. The Balaban J connectivity index is 1.87. The number of sulfonamides is 1. The number of thiophene rings is 1. The number of piperazine rings is 1. The molecule has 1 fully saturated rings. The number of aromatic hydroxyl groups is 1. The van der Waals surface area contributed by atoms with E-state index in [4.69, 9.17) is 5.21 Å². The first kappa shape index (κ1) is 22.0. The number of benzene rings is 1. The van der Waals surface area contributed by atoms with Crippen molar-refractivity contribution in [2.24, 2.45) is 0 Å². The van der Waals surface area contributed by atoms with Gasteiger partial charge >= 0.3 is 6.03 Å². The molecule has 0 radical (unpaired) electrons. The molecule has 1 atom stereocenters. The van der Waals surface area contributed by atoms with Crippen molar-refractivity contribution >= 4 is 33.3 Å². The molecule has 4 N–H and O–H groups in total. The number of hydroxylamine groups is 1. The van der Waals surface area contributed by atoms with Crippen LogP contribution < -0.4 is 10.8 Å². The SMILES string of the molecule is CCNC(=O)N1CCN(S(=O)(=O)c2ccc(-c3ccc(O)cc3)s2)[C@@H](C(=O)NO)C1. The number of phenolic OH excluding ortho intramolecular Hbond substituents is 1. The first-order valence-electron chi connectivity index (χ1n) is 9.15. The highest BCUT2D eigenvalue weighted by Crippen LogP contribution is 2.34. The molecular weight excluding hydrogens is 432 g/mol. The second kappa shape index (κ2) is 9.00. The monoisotopic (exact) mass is 454 g/mol. The van der Waals surface area contributed by atoms with E-state index in [1.807, 2.05) is 0 Å². The molecule has 1 aliphatic heterocycles. The van der Waals surface area contributed by atoms with E-state index >= 15 is 0 Å². The van der Waals surface area contributed by atoms with Gasteiger partial charge in [-0.2, -0.15) is 4.31 Å². The van der Waals surface area contributed by atoms with Crippen molar-refractivity contribution in [3.8, 4) is 16.2 Å². The van der Waals surface area contributed by atoms with Crippen molar-refractivity contribution in [1.29, 1.82) is 0 Å². The van der Waals surface area contributed by atoms with Gasteiger partial charge in [0.05, 0.1) is 0 Å². The van der Waals surface area contributed by atoms with Gasteiger partial charge in [0.1, 0.15) is 16.0 Å². The van der Waals surface area contributed by atoms with Crippen LogP contribution in [-0.2, 0) is 14.8 Å². The molecule has 0 aliphatic carbocycles.